The lowest BCUT2D eigenvalue weighted by Gasteiger charge is -2.51. The van der Waals surface area contributed by atoms with Crippen LogP contribution in [0.1, 0.15) is 102 Å². The number of fused-ring (bicyclic) bond motifs is 1. The predicted octanol–water partition coefficient (Wildman–Crippen LogP) is 5.99. The topological polar surface area (TPSA) is 53.2 Å². The van der Waals surface area contributed by atoms with Crippen molar-refractivity contribution in [2.75, 3.05) is 11.9 Å². The molecule has 0 radical (unpaired) electrons. The van der Waals surface area contributed by atoms with Gasteiger partial charge >= 0.3 is 0 Å². The van der Waals surface area contributed by atoms with E-state index in [4.69, 9.17) is 0 Å². The summed E-state index contributed by atoms with van der Waals surface area (Å²) in [7, 11) is 0. The van der Waals surface area contributed by atoms with Gasteiger partial charge in [0.15, 0.2) is 0 Å². The number of carbonyl (C=O) groups excluding carboxylic acids is 1. The van der Waals surface area contributed by atoms with Crippen molar-refractivity contribution >= 4 is 11.6 Å². The van der Waals surface area contributed by atoms with Crippen LogP contribution in [-0.4, -0.2) is 30.6 Å². The Kier molecular flexibility index (Phi) is 6.86. The summed E-state index contributed by atoms with van der Waals surface area (Å²) < 4.78 is 0. The summed E-state index contributed by atoms with van der Waals surface area (Å²) >= 11 is 0. The third-order valence-corrected chi connectivity index (χ3v) is 10.6. The normalized spacial score (nSPS) is 32.7. The van der Waals surface area contributed by atoms with E-state index in [0.29, 0.717) is 17.4 Å². The monoisotopic (exact) mass is 477 g/mol. The van der Waals surface area contributed by atoms with Crippen molar-refractivity contribution < 1.29 is 4.79 Å². The highest BCUT2D eigenvalue weighted by Crippen LogP contribution is 2.49. The number of rotatable bonds is 7. The molecule has 1 aromatic carbocycles. The molecule has 4 fully saturated rings. The fourth-order valence-electron chi connectivity index (χ4n) is 8.03. The SMILES string of the molecule is CC1(C2CCCCCC2)CCCNC1C(NC(=O)C1Cc2cccc(CC3CCC3)c2N1)C1CC1. The number of nitrogens with one attached hydrogen (secondary N) is 3. The second-order valence-electron chi connectivity index (χ2n) is 13.0. The maximum Gasteiger partial charge on any atom is 0.243 e. The molecule has 0 bridgehead atoms. The highest BCUT2D eigenvalue weighted by molar-refractivity contribution is 5.88. The molecular formula is C31H47N3O. The molecule has 4 heteroatoms. The Morgan fingerprint density at radius 1 is 1.03 bits per heavy atom. The molecule has 5 aliphatic rings. The first-order valence-electron chi connectivity index (χ1n) is 15.0. The Morgan fingerprint density at radius 3 is 2.54 bits per heavy atom. The second kappa shape index (κ2) is 10.1. The van der Waals surface area contributed by atoms with Gasteiger partial charge in [0.1, 0.15) is 6.04 Å². The van der Waals surface area contributed by atoms with E-state index >= 15 is 0 Å². The molecule has 4 unspecified atom stereocenters. The molecule has 6 rings (SSSR count). The number of hydrogen-bond acceptors (Lipinski definition) is 3. The highest BCUT2D eigenvalue weighted by Gasteiger charge is 2.50. The number of hydrogen-bond donors (Lipinski definition) is 3. The van der Waals surface area contributed by atoms with Gasteiger partial charge in [-0.3, -0.25) is 4.79 Å². The van der Waals surface area contributed by atoms with Crippen molar-refractivity contribution in [3.63, 3.8) is 0 Å². The molecule has 4 nitrogen and oxygen atoms in total. The third-order valence-electron chi connectivity index (χ3n) is 10.6. The van der Waals surface area contributed by atoms with Crippen LogP contribution in [0.3, 0.4) is 0 Å². The lowest BCUT2D eigenvalue weighted by atomic mass is 9.62. The van der Waals surface area contributed by atoms with Gasteiger partial charge in [0.25, 0.3) is 0 Å². The molecule has 1 saturated heterocycles. The summed E-state index contributed by atoms with van der Waals surface area (Å²) in [6.07, 6.45) is 19.6. The zero-order valence-corrected chi connectivity index (χ0v) is 21.9. The minimum atomic E-state index is -0.124. The standard InChI is InChI=1S/C31H47N3O/c1-31(25-13-4-2-3-5-14-25)17-8-18-32-29(31)28(22-15-16-22)34-30(35)26-20-24-12-7-11-23(27(24)33-26)19-21-9-6-10-21/h7,11-12,21-22,25-26,28-29,32-33H,2-6,8-10,13-20H2,1H3,(H,34,35). The fraction of sp³-hybridized carbons (Fsp3) is 0.774. The zero-order valence-electron chi connectivity index (χ0n) is 21.9. The van der Waals surface area contributed by atoms with Gasteiger partial charge in [-0.2, -0.15) is 0 Å². The van der Waals surface area contributed by atoms with Gasteiger partial charge in [-0.05, 0) is 85.8 Å². The Bertz CT molecular complexity index is 898. The number of amides is 1. The Hall–Kier alpha value is -1.55. The molecule has 2 heterocycles. The quantitative estimate of drug-likeness (QED) is 0.423. The van der Waals surface area contributed by atoms with Crippen molar-refractivity contribution in [1.82, 2.24) is 10.6 Å². The van der Waals surface area contributed by atoms with Crippen LogP contribution in [-0.2, 0) is 17.6 Å². The lowest BCUT2D eigenvalue weighted by molar-refractivity contribution is -0.123. The molecule has 3 aliphatic carbocycles. The van der Waals surface area contributed by atoms with Gasteiger partial charge < -0.3 is 16.0 Å². The molecule has 2 aliphatic heterocycles. The first-order valence-corrected chi connectivity index (χ1v) is 15.0. The second-order valence-corrected chi connectivity index (χ2v) is 13.0. The Labute approximate surface area is 212 Å². The predicted molar refractivity (Wildman–Crippen MR) is 144 cm³/mol. The minimum absolute atomic E-state index is 0.124. The van der Waals surface area contributed by atoms with Crippen LogP contribution in [0.2, 0.25) is 0 Å². The third kappa shape index (κ3) is 4.89. The molecule has 3 N–H and O–H groups in total. The van der Waals surface area contributed by atoms with Crippen LogP contribution in [0.15, 0.2) is 18.2 Å². The first-order chi connectivity index (χ1) is 17.1. The van der Waals surface area contributed by atoms with Crippen molar-refractivity contribution in [3.8, 4) is 0 Å². The van der Waals surface area contributed by atoms with Crippen molar-refractivity contribution in [2.24, 2.45) is 23.2 Å². The average Bonchev–Trinajstić information content (AvgIpc) is 3.63. The van der Waals surface area contributed by atoms with Crippen LogP contribution in [0.4, 0.5) is 5.69 Å². The molecule has 0 spiro atoms. The number of para-hydroxylation sites is 1. The number of anilines is 1. The molecule has 4 atom stereocenters. The summed E-state index contributed by atoms with van der Waals surface area (Å²) in [5.41, 5.74) is 4.33. The number of benzene rings is 1. The number of piperidine rings is 1. The van der Waals surface area contributed by atoms with Gasteiger partial charge in [0, 0.05) is 24.2 Å². The van der Waals surface area contributed by atoms with Crippen molar-refractivity contribution in [2.45, 2.75) is 121 Å². The summed E-state index contributed by atoms with van der Waals surface area (Å²) in [5.74, 6) is 2.51. The van der Waals surface area contributed by atoms with E-state index in [1.54, 1.807) is 0 Å². The average molecular weight is 478 g/mol. The summed E-state index contributed by atoms with van der Waals surface area (Å²) in [6, 6.07) is 7.27. The summed E-state index contributed by atoms with van der Waals surface area (Å²) in [6.45, 7) is 3.67. The van der Waals surface area contributed by atoms with Crippen LogP contribution in [0.5, 0.6) is 0 Å². The Balaban J connectivity index is 1.16. The van der Waals surface area contributed by atoms with E-state index in [-0.39, 0.29) is 18.0 Å². The van der Waals surface area contributed by atoms with E-state index in [2.05, 4.69) is 41.1 Å². The zero-order chi connectivity index (χ0) is 23.8. The first kappa shape index (κ1) is 23.8. The maximum atomic E-state index is 13.7. The molecule has 3 saturated carbocycles. The van der Waals surface area contributed by atoms with Gasteiger partial charge in [0.05, 0.1) is 0 Å². The smallest absolute Gasteiger partial charge is 0.243 e. The lowest BCUT2D eigenvalue weighted by Crippen LogP contribution is -2.63. The fourth-order valence-corrected chi connectivity index (χ4v) is 8.03. The molecule has 35 heavy (non-hydrogen) atoms. The molecule has 1 aromatic rings. The van der Waals surface area contributed by atoms with Crippen LogP contribution >= 0.6 is 0 Å². The molecule has 0 aromatic heterocycles. The van der Waals surface area contributed by atoms with Gasteiger partial charge in [-0.15, -0.1) is 0 Å². The maximum absolute atomic E-state index is 13.7. The molecule has 192 valence electrons. The van der Waals surface area contributed by atoms with E-state index in [9.17, 15) is 4.79 Å². The van der Waals surface area contributed by atoms with Crippen molar-refractivity contribution in [1.29, 1.82) is 0 Å². The minimum Gasteiger partial charge on any atom is -0.373 e. The molecular weight excluding hydrogens is 430 g/mol. The van der Waals surface area contributed by atoms with Crippen LogP contribution in [0.25, 0.3) is 0 Å². The number of carbonyl (C=O) groups is 1. The van der Waals surface area contributed by atoms with Crippen molar-refractivity contribution in [3.05, 3.63) is 29.3 Å². The molecule has 1 amide bonds. The van der Waals surface area contributed by atoms with E-state index in [1.807, 2.05) is 0 Å². The Morgan fingerprint density at radius 2 is 1.83 bits per heavy atom. The van der Waals surface area contributed by atoms with Crippen LogP contribution in [0, 0.1) is 23.2 Å². The summed E-state index contributed by atoms with van der Waals surface area (Å²) in [4.78, 5) is 13.7. The van der Waals surface area contributed by atoms with E-state index in [0.717, 1.165) is 24.8 Å². The van der Waals surface area contributed by atoms with Gasteiger partial charge in [-0.25, -0.2) is 0 Å². The van der Waals surface area contributed by atoms with E-state index in [1.165, 1.54) is 107 Å². The van der Waals surface area contributed by atoms with E-state index < -0.39 is 0 Å². The van der Waals surface area contributed by atoms with Gasteiger partial charge in [0.2, 0.25) is 5.91 Å². The summed E-state index contributed by atoms with van der Waals surface area (Å²) in [5, 5.41) is 11.3. The highest BCUT2D eigenvalue weighted by atomic mass is 16.2. The van der Waals surface area contributed by atoms with Gasteiger partial charge in [-0.1, -0.05) is 70.1 Å². The largest absolute Gasteiger partial charge is 0.373 e. The van der Waals surface area contributed by atoms with Crippen LogP contribution < -0.4 is 16.0 Å².